The molecule has 1 aliphatic rings. The van der Waals surface area contributed by atoms with Crippen molar-refractivity contribution in [3.05, 3.63) is 106 Å². The molecule has 0 radical (unpaired) electrons. The lowest BCUT2D eigenvalue weighted by atomic mass is 9.85. The summed E-state index contributed by atoms with van der Waals surface area (Å²) in [6.45, 7) is 0.486. The van der Waals surface area contributed by atoms with Crippen LogP contribution in [-0.2, 0) is 17.4 Å². The van der Waals surface area contributed by atoms with Crippen molar-refractivity contribution in [2.75, 3.05) is 6.61 Å². The molecule has 1 saturated carbocycles. The molecule has 43 heavy (non-hydrogen) atoms. The number of rotatable bonds is 10. The van der Waals surface area contributed by atoms with Crippen molar-refractivity contribution in [2.45, 2.75) is 31.9 Å². The van der Waals surface area contributed by atoms with Gasteiger partial charge in [0, 0.05) is 24.6 Å². The molecule has 5 rings (SSSR count). The van der Waals surface area contributed by atoms with E-state index >= 15 is 0 Å². The summed E-state index contributed by atoms with van der Waals surface area (Å²) in [6.07, 6.45) is -0.189. The first-order valence-corrected chi connectivity index (χ1v) is 13.8. The third kappa shape index (κ3) is 6.99. The summed E-state index contributed by atoms with van der Waals surface area (Å²) in [6, 6.07) is 19.3. The fraction of sp³-hybridized carbons (Fsp3) is 0.281. The van der Waals surface area contributed by atoms with E-state index in [9.17, 15) is 32.7 Å². The van der Waals surface area contributed by atoms with E-state index in [0.29, 0.717) is 30.8 Å². The lowest BCUT2D eigenvalue weighted by Crippen LogP contribution is -2.26. The molecule has 0 saturated heterocycles. The third-order valence-electron chi connectivity index (χ3n) is 7.74. The van der Waals surface area contributed by atoms with Gasteiger partial charge in [-0.05, 0) is 72.7 Å². The smallest absolute Gasteiger partial charge is 0.416 e. The minimum absolute atomic E-state index is 0.0114. The van der Waals surface area contributed by atoms with Crippen LogP contribution in [-0.4, -0.2) is 38.5 Å². The van der Waals surface area contributed by atoms with Crippen molar-refractivity contribution in [1.82, 2.24) is 15.0 Å². The maximum absolute atomic E-state index is 13.1. The van der Waals surface area contributed by atoms with Gasteiger partial charge in [0.25, 0.3) is 5.56 Å². The van der Waals surface area contributed by atoms with Crippen LogP contribution in [0.4, 0.5) is 13.2 Å². The quantitative estimate of drug-likeness (QED) is 0.229. The molecule has 8 nitrogen and oxygen atoms in total. The number of ether oxygens (including phenoxy) is 1. The Kier molecular flexibility index (Phi) is 8.70. The zero-order valence-electron chi connectivity index (χ0n) is 22.9. The fourth-order valence-electron chi connectivity index (χ4n) is 5.49. The monoisotopic (exact) mass is 591 g/mol. The van der Waals surface area contributed by atoms with E-state index in [1.165, 1.54) is 12.3 Å². The van der Waals surface area contributed by atoms with Crippen LogP contribution in [0.1, 0.15) is 40.7 Å². The molecule has 1 aromatic heterocycles. The first-order valence-electron chi connectivity index (χ1n) is 13.8. The number of fused-ring (bicyclic) bond motifs is 1. The molecule has 4 aromatic rings. The summed E-state index contributed by atoms with van der Waals surface area (Å²) < 4.78 is 46.0. The van der Waals surface area contributed by atoms with Gasteiger partial charge in [-0.15, -0.1) is 5.10 Å². The number of hydrogen-bond donors (Lipinski definition) is 1. The second kappa shape index (κ2) is 12.6. The highest BCUT2D eigenvalue weighted by Crippen LogP contribution is 2.41. The number of Topliss-reactive ketones (excluding diaryl/α,β-unsaturated/α-hetero) is 1. The molecule has 0 unspecified atom stereocenters. The molecular weight excluding hydrogens is 563 g/mol. The molecule has 0 spiro atoms. The van der Waals surface area contributed by atoms with Crippen LogP contribution >= 0.6 is 0 Å². The zero-order valence-corrected chi connectivity index (χ0v) is 22.9. The highest BCUT2D eigenvalue weighted by Gasteiger charge is 2.40. The molecule has 222 valence electrons. The number of allylic oxidation sites excluding steroid dienone is 1. The van der Waals surface area contributed by atoms with Gasteiger partial charge in [-0.1, -0.05) is 41.6 Å². The Bertz CT molecular complexity index is 1700. The van der Waals surface area contributed by atoms with E-state index in [0.717, 1.165) is 34.9 Å². The summed E-state index contributed by atoms with van der Waals surface area (Å²) in [5, 5.41) is 17.3. The standard InChI is InChI=1S/C32H28F3N3O5/c33-32(34,35)24-10-13-27-26(19-24)30(40)38(37-36-27)16-14-22-6-7-23(29(22)31(41)42)18-28(39)21-8-11-25(12-9-21)43-17-15-20-4-2-1-3-5-20/h1-5,8-14,16,19,22-23,29H,6-7,15,17-18H2,(H,41,42)/b16-14+/t22-,23+,29-/m0/s1. The molecule has 3 atom stereocenters. The van der Waals surface area contributed by atoms with Crippen molar-refractivity contribution in [3.8, 4) is 5.75 Å². The third-order valence-corrected chi connectivity index (χ3v) is 7.74. The lowest BCUT2D eigenvalue weighted by molar-refractivity contribution is -0.144. The molecule has 0 bridgehead atoms. The largest absolute Gasteiger partial charge is 0.493 e. The van der Waals surface area contributed by atoms with E-state index in [1.807, 2.05) is 30.3 Å². The normalized spacial score (nSPS) is 18.7. The van der Waals surface area contributed by atoms with Gasteiger partial charge in [0.2, 0.25) is 0 Å². The molecule has 11 heteroatoms. The van der Waals surface area contributed by atoms with Crippen molar-refractivity contribution in [3.63, 3.8) is 0 Å². The number of aromatic nitrogens is 3. The van der Waals surface area contributed by atoms with E-state index in [-0.39, 0.29) is 23.1 Å². The summed E-state index contributed by atoms with van der Waals surface area (Å²) in [4.78, 5) is 38.1. The van der Waals surface area contributed by atoms with Crippen LogP contribution in [0.2, 0.25) is 0 Å². The van der Waals surface area contributed by atoms with Crippen LogP contribution in [0.15, 0.2) is 83.7 Å². The molecular formula is C32H28F3N3O5. The molecule has 1 fully saturated rings. The summed E-state index contributed by atoms with van der Waals surface area (Å²) in [5.74, 6) is -2.46. The van der Waals surface area contributed by atoms with Crippen molar-refractivity contribution in [2.24, 2.45) is 17.8 Å². The predicted molar refractivity (Wildman–Crippen MR) is 153 cm³/mol. The van der Waals surface area contributed by atoms with Gasteiger partial charge in [-0.25, -0.2) is 0 Å². The average Bonchev–Trinajstić information content (AvgIpc) is 3.39. The Morgan fingerprint density at radius 2 is 1.77 bits per heavy atom. The van der Waals surface area contributed by atoms with E-state index < -0.39 is 41.0 Å². The number of hydrogen-bond acceptors (Lipinski definition) is 6. The SMILES string of the molecule is O=C(C[C@H]1CC[C@@H](/C=C/n2nnc3ccc(C(F)(F)F)cc3c2=O)[C@@H]1C(=O)O)c1ccc(OCCc2ccccc2)cc1. The molecule has 1 heterocycles. The second-order valence-corrected chi connectivity index (χ2v) is 10.5. The predicted octanol–water partition coefficient (Wildman–Crippen LogP) is 5.90. The van der Waals surface area contributed by atoms with Gasteiger partial charge >= 0.3 is 12.1 Å². The molecule has 1 N–H and O–H groups in total. The van der Waals surface area contributed by atoms with Crippen molar-refractivity contribution in [1.29, 1.82) is 0 Å². The van der Waals surface area contributed by atoms with Crippen molar-refractivity contribution >= 4 is 28.9 Å². The van der Waals surface area contributed by atoms with E-state index in [2.05, 4.69) is 10.3 Å². The van der Waals surface area contributed by atoms with E-state index in [4.69, 9.17) is 4.74 Å². The van der Waals surface area contributed by atoms with Gasteiger partial charge in [-0.3, -0.25) is 14.4 Å². The highest BCUT2D eigenvalue weighted by atomic mass is 19.4. The van der Waals surface area contributed by atoms with Crippen LogP contribution in [0.5, 0.6) is 5.75 Å². The zero-order chi connectivity index (χ0) is 30.6. The van der Waals surface area contributed by atoms with Gasteiger partial charge < -0.3 is 9.84 Å². The minimum atomic E-state index is -4.63. The number of carbonyl (C=O) groups excluding carboxylic acids is 1. The fourth-order valence-corrected chi connectivity index (χ4v) is 5.49. The molecule has 0 aliphatic heterocycles. The molecule has 3 aromatic carbocycles. The summed E-state index contributed by atoms with van der Waals surface area (Å²) in [7, 11) is 0. The second-order valence-electron chi connectivity index (χ2n) is 10.5. The Balaban J connectivity index is 1.23. The number of carboxylic acids is 1. The van der Waals surface area contributed by atoms with Gasteiger partial charge in [0.1, 0.15) is 11.3 Å². The number of alkyl halides is 3. The highest BCUT2D eigenvalue weighted by molar-refractivity contribution is 5.96. The van der Waals surface area contributed by atoms with Crippen LogP contribution in [0.3, 0.4) is 0 Å². The number of aliphatic carboxylic acids is 1. The van der Waals surface area contributed by atoms with Gasteiger partial charge in [0.05, 0.1) is 23.5 Å². The minimum Gasteiger partial charge on any atom is -0.493 e. The van der Waals surface area contributed by atoms with Crippen LogP contribution in [0.25, 0.3) is 17.1 Å². The maximum atomic E-state index is 13.1. The van der Waals surface area contributed by atoms with E-state index in [1.54, 1.807) is 24.3 Å². The van der Waals surface area contributed by atoms with Crippen molar-refractivity contribution < 1.29 is 32.6 Å². The number of halogens is 3. The van der Waals surface area contributed by atoms with Gasteiger partial charge in [0.15, 0.2) is 5.78 Å². The molecule has 1 aliphatic carbocycles. The molecule has 0 amide bonds. The van der Waals surface area contributed by atoms with Gasteiger partial charge in [-0.2, -0.15) is 17.9 Å². The average molecular weight is 592 g/mol. The summed E-state index contributed by atoms with van der Waals surface area (Å²) >= 11 is 0. The van der Waals surface area contributed by atoms with Crippen LogP contribution < -0.4 is 10.3 Å². The lowest BCUT2D eigenvalue weighted by Gasteiger charge is -2.18. The maximum Gasteiger partial charge on any atom is 0.416 e. The van der Waals surface area contributed by atoms with Crippen LogP contribution in [0, 0.1) is 17.8 Å². The number of carboxylic acid groups (broad SMARTS) is 1. The first-order chi connectivity index (χ1) is 20.6. The Hall–Kier alpha value is -4.80. The first kappa shape index (κ1) is 29.7. The summed E-state index contributed by atoms with van der Waals surface area (Å²) in [5.41, 5.74) is -0.174. The Labute approximate surface area is 244 Å². The topological polar surface area (TPSA) is 111 Å². The number of benzene rings is 3. The number of carbonyl (C=O) groups is 2. The Morgan fingerprint density at radius 1 is 1.02 bits per heavy atom. The number of nitrogens with zero attached hydrogens (tertiary/aromatic N) is 3. The Morgan fingerprint density at radius 3 is 2.47 bits per heavy atom. The number of ketones is 1.